The molecular formula is C23H50N2O3. The zero-order valence-electron chi connectivity index (χ0n) is 19.4. The quantitative estimate of drug-likeness (QED) is 0.289. The van der Waals surface area contributed by atoms with Crippen LogP contribution in [0.1, 0.15) is 86.0 Å². The summed E-state index contributed by atoms with van der Waals surface area (Å²) in [7, 11) is 0. The Kier molecular flexibility index (Phi) is 17.5. The van der Waals surface area contributed by atoms with Gasteiger partial charge in [-0.25, -0.2) is 0 Å². The van der Waals surface area contributed by atoms with E-state index in [-0.39, 0.29) is 18.3 Å². The van der Waals surface area contributed by atoms with Crippen LogP contribution in [-0.2, 0) is 0 Å². The number of hydrogen-bond donors (Lipinski definition) is 3. The maximum atomic E-state index is 10.2. The molecule has 0 saturated carbocycles. The molecule has 0 fully saturated rings. The van der Waals surface area contributed by atoms with Gasteiger partial charge in [-0.05, 0) is 31.6 Å². The third kappa shape index (κ3) is 14.7. The Morgan fingerprint density at radius 1 is 0.607 bits per heavy atom. The molecule has 0 aromatic rings. The van der Waals surface area contributed by atoms with Gasteiger partial charge in [0.25, 0.3) is 0 Å². The van der Waals surface area contributed by atoms with Crippen LogP contribution in [0.15, 0.2) is 0 Å². The Labute approximate surface area is 175 Å². The zero-order chi connectivity index (χ0) is 21.4. The van der Waals surface area contributed by atoms with E-state index >= 15 is 0 Å². The molecule has 170 valence electrons. The summed E-state index contributed by atoms with van der Waals surface area (Å²) in [4.78, 5) is 4.56. The fraction of sp³-hybridized carbons (Fsp3) is 1.00. The third-order valence-electron chi connectivity index (χ3n) is 5.67. The molecule has 0 rings (SSSR count). The van der Waals surface area contributed by atoms with Crippen molar-refractivity contribution in [1.82, 2.24) is 9.80 Å². The molecule has 28 heavy (non-hydrogen) atoms. The molecule has 0 aromatic carbocycles. The molecule has 3 N–H and O–H groups in total. The maximum absolute atomic E-state index is 10.2. The Balaban J connectivity index is 4.69. The molecule has 0 aliphatic rings. The highest BCUT2D eigenvalue weighted by molar-refractivity contribution is 4.73. The van der Waals surface area contributed by atoms with Crippen molar-refractivity contribution in [3.8, 4) is 0 Å². The third-order valence-corrected chi connectivity index (χ3v) is 5.67. The van der Waals surface area contributed by atoms with E-state index in [1.807, 2.05) is 20.8 Å². The molecule has 0 radical (unpaired) electrons. The van der Waals surface area contributed by atoms with E-state index in [0.29, 0.717) is 25.6 Å². The summed E-state index contributed by atoms with van der Waals surface area (Å²) in [6.07, 6.45) is 7.67. The zero-order valence-corrected chi connectivity index (χ0v) is 19.4. The second kappa shape index (κ2) is 17.6. The second-order valence-corrected chi connectivity index (χ2v) is 8.66. The van der Waals surface area contributed by atoms with Crippen molar-refractivity contribution in [3.05, 3.63) is 0 Å². The van der Waals surface area contributed by atoms with Gasteiger partial charge in [-0.3, -0.25) is 9.80 Å². The minimum atomic E-state index is -0.351. The topological polar surface area (TPSA) is 67.2 Å². The lowest BCUT2D eigenvalue weighted by atomic mass is 10.0. The fourth-order valence-corrected chi connectivity index (χ4v) is 3.53. The number of nitrogens with zero attached hydrogens (tertiary/aromatic N) is 2. The van der Waals surface area contributed by atoms with Gasteiger partial charge in [-0.15, -0.1) is 0 Å². The van der Waals surface area contributed by atoms with Crippen molar-refractivity contribution < 1.29 is 15.3 Å². The Morgan fingerprint density at radius 3 is 1.43 bits per heavy atom. The van der Waals surface area contributed by atoms with E-state index in [2.05, 4.69) is 23.6 Å². The van der Waals surface area contributed by atoms with Crippen LogP contribution in [0, 0.1) is 5.92 Å². The van der Waals surface area contributed by atoms with E-state index in [1.165, 1.54) is 32.1 Å². The maximum Gasteiger partial charge on any atom is 0.0664 e. The van der Waals surface area contributed by atoms with E-state index in [0.717, 1.165) is 38.9 Å². The van der Waals surface area contributed by atoms with E-state index < -0.39 is 0 Å². The molecule has 4 atom stereocenters. The van der Waals surface area contributed by atoms with Crippen LogP contribution < -0.4 is 0 Å². The van der Waals surface area contributed by atoms with Gasteiger partial charge in [-0.2, -0.15) is 0 Å². The predicted molar refractivity (Wildman–Crippen MR) is 120 cm³/mol. The standard InChI is InChI=1S/C23H50N2O3/c1-6-10-11-12-13-20(5)16-24(17-21(26)7-2)14-15-25(18-22(27)8-3)19-23(28)9-4/h20-23,26-28H,6-19H2,1-5H3. The SMILES string of the molecule is CCCCCCC(C)CN(CCN(CC(O)CC)CC(O)CC)CC(O)CC. The van der Waals surface area contributed by atoms with Crippen LogP contribution in [0.3, 0.4) is 0 Å². The first-order chi connectivity index (χ1) is 13.4. The summed E-state index contributed by atoms with van der Waals surface area (Å²) in [5.41, 5.74) is 0. The van der Waals surface area contributed by atoms with Gasteiger partial charge in [0.2, 0.25) is 0 Å². The van der Waals surface area contributed by atoms with Crippen LogP contribution in [0.2, 0.25) is 0 Å². The molecular weight excluding hydrogens is 352 g/mol. The molecule has 0 heterocycles. The molecule has 0 aliphatic heterocycles. The first-order valence-corrected chi connectivity index (χ1v) is 11.8. The molecule has 0 saturated heterocycles. The largest absolute Gasteiger partial charge is 0.392 e. The molecule has 0 amide bonds. The van der Waals surface area contributed by atoms with Crippen LogP contribution in [0.25, 0.3) is 0 Å². The van der Waals surface area contributed by atoms with Crippen LogP contribution in [0.5, 0.6) is 0 Å². The molecule has 4 unspecified atom stereocenters. The van der Waals surface area contributed by atoms with E-state index in [4.69, 9.17) is 0 Å². The van der Waals surface area contributed by atoms with Gasteiger partial charge in [0.05, 0.1) is 18.3 Å². The van der Waals surface area contributed by atoms with Crippen molar-refractivity contribution in [1.29, 1.82) is 0 Å². The summed E-state index contributed by atoms with van der Waals surface area (Å²) >= 11 is 0. The fourth-order valence-electron chi connectivity index (χ4n) is 3.53. The van der Waals surface area contributed by atoms with Crippen molar-refractivity contribution in [2.24, 2.45) is 5.92 Å². The van der Waals surface area contributed by atoms with Gasteiger partial charge < -0.3 is 15.3 Å². The van der Waals surface area contributed by atoms with Gasteiger partial charge >= 0.3 is 0 Å². The monoisotopic (exact) mass is 402 g/mol. The van der Waals surface area contributed by atoms with Crippen molar-refractivity contribution in [2.75, 3.05) is 39.3 Å². The van der Waals surface area contributed by atoms with Crippen molar-refractivity contribution in [3.63, 3.8) is 0 Å². The normalized spacial score (nSPS) is 16.5. The highest BCUT2D eigenvalue weighted by Gasteiger charge is 2.18. The van der Waals surface area contributed by atoms with Crippen molar-refractivity contribution >= 4 is 0 Å². The van der Waals surface area contributed by atoms with Gasteiger partial charge in [0, 0.05) is 39.3 Å². The lowest BCUT2D eigenvalue weighted by Gasteiger charge is -2.32. The summed E-state index contributed by atoms with van der Waals surface area (Å²) in [5, 5.41) is 30.3. The number of aliphatic hydroxyl groups excluding tert-OH is 3. The Hall–Kier alpha value is -0.200. The Morgan fingerprint density at radius 2 is 1.04 bits per heavy atom. The van der Waals surface area contributed by atoms with Gasteiger partial charge in [0.1, 0.15) is 0 Å². The molecule has 0 aromatic heterocycles. The molecule has 0 bridgehead atoms. The predicted octanol–water partition coefficient (Wildman–Crippen LogP) is 3.51. The lowest BCUT2D eigenvalue weighted by molar-refractivity contribution is 0.0506. The molecule has 5 nitrogen and oxygen atoms in total. The highest BCUT2D eigenvalue weighted by Crippen LogP contribution is 2.13. The lowest BCUT2D eigenvalue weighted by Crippen LogP contribution is -2.44. The summed E-state index contributed by atoms with van der Waals surface area (Å²) in [6, 6.07) is 0. The van der Waals surface area contributed by atoms with Gasteiger partial charge in [0.15, 0.2) is 0 Å². The average Bonchev–Trinajstić information content (AvgIpc) is 2.68. The smallest absolute Gasteiger partial charge is 0.0664 e. The number of hydrogen-bond acceptors (Lipinski definition) is 5. The number of rotatable bonds is 19. The highest BCUT2D eigenvalue weighted by atomic mass is 16.3. The van der Waals surface area contributed by atoms with Crippen LogP contribution in [0.4, 0.5) is 0 Å². The minimum absolute atomic E-state index is 0.289. The minimum Gasteiger partial charge on any atom is -0.392 e. The average molecular weight is 403 g/mol. The second-order valence-electron chi connectivity index (χ2n) is 8.66. The van der Waals surface area contributed by atoms with Crippen LogP contribution >= 0.6 is 0 Å². The van der Waals surface area contributed by atoms with E-state index in [9.17, 15) is 15.3 Å². The van der Waals surface area contributed by atoms with E-state index in [1.54, 1.807) is 0 Å². The number of aliphatic hydroxyl groups is 3. The number of unbranched alkanes of at least 4 members (excludes halogenated alkanes) is 3. The van der Waals surface area contributed by atoms with Gasteiger partial charge in [-0.1, -0.05) is 60.3 Å². The van der Waals surface area contributed by atoms with Crippen molar-refractivity contribution in [2.45, 2.75) is 104 Å². The van der Waals surface area contributed by atoms with Crippen LogP contribution in [-0.4, -0.2) is 82.7 Å². The summed E-state index contributed by atoms with van der Waals surface area (Å²) < 4.78 is 0. The molecule has 0 spiro atoms. The summed E-state index contributed by atoms with van der Waals surface area (Å²) in [6.45, 7) is 15.2. The Bertz CT molecular complexity index is 332. The molecule has 0 aliphatic carbocycles. The first-order valence-electron chi connectivity index (χ1n) is 11.8. The molecule has 5 heteroatoms. The summed E-state index contributed by atoms with van der Waals surface area (Å²) in [5.74, 6) is 0.622. The first kappa shape index (κ1) is 27.8.